The smallest absolute Gasteiger partial charge is 0.268 e. The van der Waals surface area contributed by atoms with Gasteiger partial charge in [-0.3, -0.25) is 4.79 Å². The van der Waals surface area contributed by atoms with Crippen LogP contribution in [0.15, 0.2) is 53.8 Å². The molecule has 1 aromatic carbocycles. The summed E-state index contributed by atoms with van der Waals surface area (Å²) >= 11 is 0. The van der Waals surface area contributed by atoms with Gasteiger partial charge in [-0.1, -0.05) is 12.1 Å². The number of carbonyl (C=O) groups excluding carboxylic acids is 1. The molecule has 0 bridgehead atoms. The summed E-state index contributed by atoms with van der Waals surface area (Å²) < 4.78 is 43.1. The van der Waals surface area contributed by atoms with Crippen LogP contribution in [0.4, 0.5) is 4.39 Å². The highest BCUT2D eigenvalue weighted by Crippen LogP contribution is 2.22. The predicted octanol–water partition coefficient (Wildman–Crippen LogP) is 1.33. The van der Waals surface area contributed by atoms with Gasteiger partial charge in [0, 0.05) is 32.7 Å². The molecule has 0 saturated carbocycles. The Kier molecular flexibility index (Phi) is 5.34. The van der Waals surface area contributed by atoms with Gasteiger partial charge in [0.15, 0.2) is 0 Å². The number of hydrogen-bond donors (Lipinski definition) is 2. The van der Waals surface area contributed by atoms with E-state index < -0.39 is 27.8 Å². The molecule has 0 aliphatic heterocycles. The molecule has 8 nitrogen and oxygen atoms in total. The molecule has 28 heavy (non-hydrogen) atoms. The summed E-state index contributed by atoms with van der Waals surface area (Å²) in [6.07, 6.45) is 4.64. The molecule has 10 heteroatoms. The predicted molar refractivity (Wildman–Crippen MR) is 101 cm³/mol. The quantitative estimate of drug-likeness (QED) is 0.646. The third-order valence-electron chi connectivity index (χ3n) is 4.37. The second-order valence-corrected chi connectivity index (χ2v) is 8.12. The third-order valence-corrected chi connectivity index (χ3v) is 5.75. The summed E-state index contributed by atoms with van der Waals surface area (Å²) in [5.74, 6) is -0.444. The van der Waals surface area contributed by atoms with Gasteiger partial charge in [0.1, 0.15) is 28.3 Å². The monoisotopic (exact) mass is 405 g/mol. The van der Waals surface area contributed by atoms with E-state index >= 15 is 0 Å². The first-order valence-electron chi connectivity index (χ1n) is 8.36. The molecule has 2 N–H and O–H groups in total. The maximum Gasteiger partial charge on any atom is 0.268 e. The van der Waals surface area contributed by atoms with Crippen LogP contribution in [0.5, 0.6) is 0 Å². The molecular formula is C18H20FN5O3S. The zero-order valence-electron chi connectivity index (χ0n) is 15.5. The summed E-state index contributed by atoms with van der Waals surface area (Å²) in [6, 6.07) is 6.43. The maximum atomic E-state index is 13.8. The van der Waals surface area contributed by atoms with E-state index in [1.54, 1.807) is 43.2 Å². The molecule has 0 unspecified atom stereocenters. The van der Waals surface area contributed by atoms with Crippen LogP contribution in [-0.2, 0) is 24.1 Å². The average molecular weight is 405 g/mol. The molecule has 0 aliphatic rings. The van der Waals surface area contributed by atoms with Crippen molar-refractivity contribution in [1.29, 1.82) is 0 Å². The number of aromatic nitrogens is 3. The van der Waals surface area contributed by atoms with Crippen molar-refractivity contribution in [3.05, 3.63) is 71.8 Å². The highest BCUT2D eigenvalue weighted by molar-refractivity contribution is 7.89. The number of rotatable bonds is 6. The first kappa shape index (κ1) is 19.8. The molecule has 0 saturated heterocycles. The van der Waals surface area contributed by atoms with Crippen molar-refractivity contribution in [3.8, 4) is 0 Å². The highest BCUT2D eigenvalue weighted by atomic mass is 32.2. The highest BCUT2D eigenvalue weighted by Gasteiger charge is 2.25. The van der Waals surface area contributed by atoms with Gasteiger partial charge in [0.25, 0.3) is 5.91 Å². The van der Waals surface area contributed by atoms with E-state index in [1.807, 2.05) is 0 Å². The van der Waals surface area contributed by atoms with Crippen LogP contribution < -0.4 is 10.0 Å². The van der Waals surface area contributed by atoms with Gasteiger partial charge in [-0.05, 0) is 30.8 Å². The number of carbonyl (C=O) groups is 1. The lowest BCUT2D eigenvalue weighted by Crippen LogP contribution is -2.32. The van der Waals surface area contributed by atoms with Crippen molar-refractivity contribution in [1.82, 2.24) is 24.2 Å². The van der Waals surface area contributed by atoms with Gasteiger partial charge in [0.2, 0.25) is 10.0 Å². The van der Waals surface area contributed by atoms with Crippen LogP contribution >= 0.6 is 0 Å². The minimum Gasteiger partial charge on any atom is -0.345 e. The topological polar surface area (TPSA) is 98.0 Å². The first-order chi connectivity index (χ1) is 13.2. The lowest BCUT2D eigenvalue weighted by atomic mass is 10.1. The van der Waals surface area contributed by atoms with E-state index in [4.69, 9.17) is 0 Å². The normalized spacial score (nSPS) is 12.7. The third kappa shape index (κ3) is 3.82. The van der Waals surface area contributed by atoms with Crippen molar-refractivity contribution in [3.63, 3.8) is 0 Å². The molecule has 0 fully saturated rings. The van der Waals surface area contributed by atoms with Gasteiger partial charge in [-0.2, -0.15) is 0 Å². The van der Waals surface area contributed by atoms with Crippen molar-refractivity contribution in [2.75, 3.05) is 7.05 Å². The van der Waals surface area contributed by atoms with Gasteiger partial charge >= 0.3 is 0 Å². The van der Waals surface area contributed by atoms with Crippen molar-refractivity contribution < 1.29 is 17.6 Å². The number of nitrogens with zero attached hydrogens (tertiary/aromatic N) is 3. The van der Waals surface area contributed by atoms with Crippen LogP contribution in [0, 0.1) is 5.82 Å². The molecule has 148 valence electrons. The Morgan fingerprint density at radius 1 is 1.21 bits per heavy atom. The minimum atomic E-state index is -3.69. The summed E-state index contributed by atoms with van der Waals surface area (Å²) in [5.41, 5.74) is 0.657. The number of nitrogens with one attached hydrogen (secondary N) is 2. The molecule has 2 heterocycles. The Labute approximate surface area is 162 Å². The Balaban J connectivity index is 1.98. The summed E-state index contributed by atoms with van der Waals surface area (Å²) in [4.78, 5) is 17.1. The van der Waals surface area contributed by atoms with Crippen molar-refractivity contribution >= 4 is 15.9 Å². The Morgan fingerprint density at radius 2 is 1.96 bits per heavy atom. The van der Waals surface area contributed by atoms with Gasteiger partial charge in [-0.25, -0.2) is 22.5 Å². The number of halogens is 1. The second-order valence-electron chi connectivity index (χ2n) is 6.24. The van der Waals surface area contributed by atoms with Gasteiger partial charge in [0.05, 0.1) is 0 Å². The molecule has 2 aromatic heterocycles. The van der Waals surface area contributed by atoms with E-state index in [2.05, 4.69) is 15.0 Å². The number of sulfonamides is 1. The van der Waals surface area contributed by atoms with Gasteiger partial charge < -0.3 is 14.5 Å². The SMILES string of the molecule is CNS(=O)(=O)c1cc(C(=O)N[C@H](c2cccc(F)c2)c2nccn2C)n(C)c1. The fourth-order valence-electron chi connectivity index (χ4n) is 2.87. The van der Waals surface area contributed by atoms with Crippen LogP contribution in [0.25, 0.3) is 0 Å². The maximum absolute atomic E-state index is 13.8. The van der Waals surface area contributed by atoms with E-state index in [0.717, 1.165) is 0 Å². The number of aryl methyl sites for hydroxylation is 2. The first-order valence-corrected chi connectivity index (χ1v) is 9.84. The lowest BCUT2D eigenvalue weighted by Gasteiger charge is -2.19. The Bertz CT molecular complexity index is 1120. The fourth-order valence-corrected chi connectivity index (χ4v) is 3.67. The summed E-state index contributed by atoms with van der Waals surface area (Å²) in [6.45, 7) is 0. The number of amides is 1. The molecule has 0 aliphatic carbocycles. The fraction of sp³-hybridized carbons (Fsp3) is 0.222. The second kappa shape index (κ2) is 7.56. The summed E-state index contributed by atoms with van der Waals surface area (Å²) in [7, 11) is 0.944. The largest absolute Gasteiger partial charge is 0.345 e. The van der Waals surface area contributed by atoms with Crippen molar-refractivity contribution in [2.45, 2.75) is 10.9 Å². The minimum absolute atomic E-state index is 0.0260. The van der Waals surface area contributed by atoms with Crippen molar-refractivity contribution in [2.24, 2.45) is 14.1 Å². The zero-order chi connectivity index (χ0) is 20.5. The Hall–Kier alpha value is -2.98. The number of imidazole rings is 1. The van der Waals surface area contributed by atoms with Gasteiger partial charge in [-0.15, -0.1) is 0 Å². The van der Waals surface area contributed by atoms with E-state index in [9.17, 15) is 17.6 Å². The van der Waals surface area contributed by atoms with Crippen LogP contribution in [0.2, 0.25) is 0 Å². The van der Waals surface area contributed by atoms with E-state index in [1.165, 1.54) is 36.0 Å². The van der Waals surface area contributed by atoms with Crippen LogP contribution in [0.1, 0.15) is 27.9 Å². The molecule has 0 radical (unpaired) electrons. The molecule has 1 amide bonds. The molecule has 0 spiro atoms. The average Bonchev–Trinajstić information content (AvgIpc) is 3.25. The molecule has 3 aromatic rings. The standard InChI is InChI=1S/C18H20FN5O3S/c1-20-28(26,27)14-10-15(24(3)11-14)18(25)22-16(17-21-7-8-23(17)2)12-5-4-6-13(19)9-12/h4-11,16,20H,1-3H3,(H,22,25)/t16-/m1/s1. The Morgan fingerprint density at radius 3 is 2.57 bits per heavy atom. The van der Waals surface area contributed by atoms with E-state index in [-0.39, 0.29) is 10.6 Å². The number of hydrogen-bond acceptors (Lipinski definition) is 4. The molecule has 1 atom stereocenters. The number of benzene rings is 1. The molecular weight excluding hydrogens is 385 g/mol. The van der Waals surface area contributed by atoms with E-state index in [0.29, 0.717) is 11.4 Å². The molecule has 3 rings (SSSR count). The summed E-state index contributed by atoms with van der Waals surface area (Å²) in [5, 5.41) is 2.82. The zero-order valence-corrected chi connectivity index (χ0v) is 16.4. The van der Waals surface area contributed by atoms with Crippen LogP contribution in [-0.4, -0.2) is 35.5 Å². The van der Waals surface area contributed by atoms with Crippen LogP contribution in [0.3, 0.4) is 0 Å². The lowest BCUT2D eigenvalue weighted by molar-refractivity contribution is 0.0933.